The number of nitrogens with zero attached hydrogens (tertiary/aromatic N) is 2. The van der Waals surface area contributed by atoms with Gasteiger partial charge in [0.25, 0.3) is 0 Å². The van der Waals surface area contributed by atoms with Gasteiger partial charge in [-0.05, 0) is 12.1 Å². The normalized spacial score (nSPS) is 10.5. The highest BCUT2D eigenvalue weighted by molar-refractivity contribution is 6.32. The monoisotopic (exact) mass is 225 g/mol. The standard InChI is InChI=1S/C9H8ClN3O2/c1-12-9(15)13(8(14)11-12)7-5-3-2-4-6(7)10/h2-5H,1H3,(H,11,14). The number of halogens is 1. The Morgan fingerprint density at radius 2 is 1.93 bits per heavy atom. The van der Waals surface area contributed by atoms with Gasteiger partial charge < -0.3 is 0 Å². The molecule has 0 aliphatic rings. The van der Waals surface area contributed by atoms with Gasteiger partial charge in [-0.1, -0.05) is 23.7 Å². The van der Waals surface area contributed by atoms with Gasteiger partial charge in [-0.15, -0.1) is 0 Å². The first-order chi connectivity index (χ1) is 7.11. The summed E-state index contributed by atoms with van der Waals surface area (Å²) in [5, 5.41) is 2.71. The summed E-state index contributed by atoms with van der Waals surface area (Å²) >= 11 is 5.89. The molecule has 0 radical (unpaired) electrons. The van der Waals surface area contributed by atoms with Crippen LogP contribution < -0.4 is 11.4 Å². The SMILES string of the molecule is Cn1[nH]c(=O)n(-c2ccccc2Cl)c1=O. The number of rotatable bonds is 1. The van der Waals surface area contributed by atoms with Gasteiger partial charge in [-0.3, -0.25) is 0 Å². The summed E-state index contributed by atoms with van der Waals surface area (Å²) in [5.41, 5.74) is -0.574. The van der Waals surface area contributed by atoms with Crippen molar-refractivity contribution in [1.82, 2.24) is 14.3 Å². The van der Waals surface area contributed by atoms with E-state index in [1.807, 2.05) is 0 Å². The van der Waals surface area contributed by atoms with Crippen LogP contribution in [-0.2, 0) is 7.05 Å². The number of aryl methyl sites for hydroxylation is 1. The van der Waals surface area contributed by atoms with Crippen LogP contribution in [0.1, 0.15) is 0 Å². The molecule has 0 amide bonds. The molecular formula is C9H8ClN3O2. The molecule has 6 heteroatoms. The van der Waals surface area contributed by atoms with E-state index >= 15 is 0 Å². The van der Waals surface area contributed by atoms with Gasteiger partial charge in [0.2, 0.25) is 0 Å². The summed E-state index contributed by atoms with van der Waals surface area (Å²) < 4.78 is 2.09. The molecule has 78 valence electrons. The van der Waals surface area contributed by atoms with Crippen LogP contribution in [0.25, 0.3) is 5.69 Å². The third-order valence-electron chi connectivity index (χ3n) is 2.04. The summed E-state index contributed by atoms with van der Waals surface area (Å²) in [6.07, 6.45) is 0. The second-order valence-corrected chi connectivity index (χ2v) is 3.45. The van der Waals surface area contributed by atoms with Crippen molar-refractivity contribution in [3.05, 3.63) is 50.3 Å². The van der Waals surface area contributed by atoms with Crippen LogP contribution in [-0.4, -0.2) is 14.3 Å². The highest BCUT2D eigenvalue weighted by Crippen LogP contribution is 2.16. The summed E-state index contributed by atoms with van der Waals surface area (Å²) in [6, 6.07) is 6.67. The number of hydrogen-bond acceptors (Lipinski definition) is 2. The minimum Gasteiger partial charge on any atom is -0.246 e. The van der Waals surface area contributed by atoms with Crippen molar-refractivity contribution < 1.29 is 0 Å². The molecule has 1 N–H and O–H groups in total. The fourth-order valence-electron chi connectivity index (χ4n) is 1.32. The summed E-state index contributed by atoms with van der Waals surface area (Å²) in [6.45, 7) is 0. The van der Waals surface area contributed by atoms with E-state index in [9.17, 15) is 9.59 Å². The van der Waals surface area contributed by atoms with Gasteiger partial charge in [0, 0.05) is 7.05 Å². The van der Waals surface area contributed by atoms with E-state index in [1.165, 1.54) is 7.05 Å². The zero-order valence-corrected chi connectivity index (χ0v) is 8.65. The van der Waals surface area contributed by atoms with Crippen molar-refractivity contribution >= 4 is 11.6 Å². The number of para-hydroxylation sites is 1. The largest absolute Gasteiger partial charge is 0.351 e. The molecular weight excluding hydrogens is 218 g/mol. The number of H-pyrrole nitrogens is 1. The summed E-state index contributed by atoms with van der Waals surface area (Å²) in [7, 11) is 1.47. The number of aromatic nitrogens is 3. The lowest BCUT2D eigenvalue weighted by atomic mass is 10.3. The third kappa shape index (κ3) is 1.50. The predicted octanol–water partition coefficient (Wildman–Crippen LogP) is 0.518. The maximum atomic E-state index is 11.6. The molecule has 5 nitrogen and oxygen atoms in total. The Kier molecular flexibility index (Phi) is 2.24. The van der Waals surface area contributed by atoms with Crippen LogP contribution in [0, 0.1) is 0 Å². The third-order valence-corrected chi connectivity index (χ3v) is 2.36. The molecule has 0 atom stereocenters. The predicted molar refractivity (Wildman–Crippen MR) is 56.6 cm³/mol. The summed E-state index contributed by atoms with van der Waals surface area (Å²) in [5.74, 6) is 0. The second kappa shape index (κ2) is 3.43. The van der Waals surface area contributed by atoms with E-state index in [1.54, 1.807) is 24.3 Å². The molecule has 0 spiro atoms. The fourth-order valence-corrected chi connectivity index (χ4v) is 1.54. The van der Waals surface area contributed by atoms with Gasteiger partial charge in [0.15, 0.2) is 0 Å². The Balaban J connectivity index is 2.81. The van der Waals surface area contributed by atoms with Gasteiger partial charge in [-0.2, -0.15) is 0 Å². The van der Waals surface area contributed by atoms with Crippen LogP contribution in [0.2, 0.25) is 5.02 Å². The molecule has 0 unspecified atom stereocenters. The molecule has 0 saturated heterocycles. The van der Waals surface area contributed by atoms with E-state index in [0.717, 1.165) is 9.25 Å². The maximum Gasteiger partial charge on any atom is 0.351 e. The Morgan fingerprint density at radius 3 is 2.47 bits per heavy atom. The highest BCUT2D eigenvalue weighted by atomic mass is 35.5. The van der Waals surface area contributed by atoms with E-state index in [4.69, 9.17) is 11.6 Å². The molecule has 0 aliphatic heterocycles. The van der Waals surface area contributed by atoms with Crippen LogP contribution in [0.3, 0.4) is 0 Å². The Morgan fingerprint density at radius 1 is 1.27 bits per heavy atom. The first kappa shape index (κ1) is 9.79. The lowest BCUT2D eigenvalue weighted by Gasteiger charge is -2.00. The Hall–Kier alpha value is -1.75. The van der Waals surface area contributed by atoms with Gasteiger partial charge in [0.1, 0.15) is 0 Å². The van der Waals surface area contributed by atoms with E-state index in [2.05, 4.69) is 5.10 Å². The molecule has 1 aromatic carbocycles. The highest BCUT2D eigenvalue weighted by Gasteiger charge is 2.10. The van der Waals surface area contributed by atoms with E-state index in [0.29, 0.717) is 10.7 Å². The van der Waals surface area contributed by atoms with E-state index in [-0.39, 0.29) is 0 Å². The smallest absolute Gasteiger partial charge is 0.246 e. The van der Waals surface area contributed by atoms with Crippen molar-refractivity contribution in [3.63, 3.8) is 0 Å². The molecule has 0 bridgehead atoms. The zero-order valence-electron chi connectivity index (χ0n) is 7.90. The van der Waals surface area contributed by atoms with Crippen molar-refractivity contribution in [2.45, 2.75) is 0 Å². The van der Waals surface area contributed by atoms with Crippen LogP contribution in [0.4, 0.5) is 0 Å². The topological polar surface area (TPSA) is 59.8 Å². The van der Waals surface area contributed by atoms with Crippen molar-refractivity contribution in [1.29, 1.82) is 0 Å². The molecule has 2 aromatic rings. The Labute approximate surface area is 89.5 Å². The first-order valence-corrected chi connectivity index (χ1v) is 4.62. The quantitative estimate of drug-likeness (QED) is 0.769. The number of nitrogens with one attached hydrogen (secondary N) is 1. The minimum absolute atomic E-state index is 0.358. The van der Waals surface area contributed by atoms with Gasteiger partial charge in [-0.25, -0.2) is 23.9 Å². The number of aromatic amines is 1. The van der Waals surface area contributed by atoms with Crippen molar-refractivity contribution in [3.8, 4) is 5.69 Å². The van der Waals surface area contributed by atoms with Crippen molar-refractivity contribution in [2.75, 3.05) is 0 Å². The molecule has 2 rings (SSSR count). The minimum atomic E-state index is -0.504. The molecule has 0 fully saturated rings. The van der Waals surface area contributed by atoms with E-state index < -0.39 is 11.4 Å². The molecule has 1 aromatic heterocycles. The maximum absolute atomic E-state index is 11.6. The lowest BCUT2D eigenvalue weighted by molar-refractivity contribution is 0.723. The number of hydrogen-bond donors (Lipinski definition) is 1. The van der Waals surface area contributed by atoms with Crippen LogP contribution >= 0.6 is 11.6 Å². The first-order valence-electron chi connectivity index (χ1n) is 4.24. The second-order valence-electron chi connectivity index (χ2n) is 3.05. The zero-order chi connectivity index (χ0) is 11.0. The molecule has 15 heavy (non-hydrogen) atoms. The number of benzene rings is 1. The fraction of sp³-hybridized carbons (Fsp3) is 0.111. The molecule has 1 heterocycles. The van der Waals surface area contributed by atoms with Crippen molar-refractivity contribution in [2.24, 2.45) is 7.05 Å². The van der Waals surface area contributed by atoms with Crippen LogP contribution in [0.15, 0.2) is 33.9 Å². The average molecular weight is 226 g/mol. The lowest BCUT2D eigenvalue weighted by Crippen LogP contribution is -2.26. The van der Waals surface area contributed by atoms with Gasteiger partial charge >= 0.3 is 11.4 Å². The van der Waals surface area contributed by atoms with Gasteiger partial charge in [0.05, 0.1) is 10.7 Å². The summed E-state index contributed by atoms with van der Waals surface area (Å²) in [4.78, 5) is 23.0. The van der Waals surface area contributed by atoms with Crippen LogP contribution in [0.5, 0.6) is 0 Å². The Bertz CT molecular complexity index is 608. The molecule has 0 saturated carbocycles. The average Bonchev–Trinajstić information content (AvgIpc) is 2.43. The molecule has 0 aliphatic carbocycles.